The number of hydrogen-bond donors (Lipinski definition) is 1. The highest BCUT2D eigenvalue weighted by atomic mass is 16.3. The fourth-order valence-corrected chi connectivity index (χ4v) is 3.42. The van der Waals surface area contributed by atoms with Crippen LogP contribution < -0.4 is 0 Å². The number of furan rings is 1. The quantitative estimate of drug-likeness (QED) is 0.789. The van der Waals surface area contributed by atoms with E-state index in [1.54, 1.807) is 0 Å². The Labute approximate surface area is 114 Å². The molecule has 1 aromatic carbocycles. The lowest BCUT2D eigenvalue weighted by Gasteiger charge is -2.21. The van der Waals surface area contributed by atoms with Crippen LogP contribution in [-0.4, -0.2) is 5.11 Å². The molecule has 1 aliphatic carbocycles. The van der Waals surface area contributed by atoms with Gasteiger partial charge in [0.2, 0.25) is 0 Å². The first-order chi connectivity index (χ1) is 9.27. The second-order valence-electron chi connectivity index (χ2n) is 5.76. The summed E-state index contributed by atoms with van der Waals surface area (Å²) in [4.78, 5) is 0. The van der Waals surface area contributed by atoms with Crippen LogP contribution in [0.25, 0.3) is 11.0 Å². The van der Waals surface area contributed by atoms with Gasteiger partial charge in [0.05, 0.1) is 6.10 Å². The summed E-state index contributed by atoms with van der Waals surface area (Å²) < 4.78 is 5.78. The van der Waals surface area contributed by atoms with E-state index in [1.165, 1.54) is 25.7 Å². The van der Waals surface area contributed by atoms with E-state index >= 15 is 0 Å². The Morgan fingerprint density at radius 1 is 1.11 bits per heavy atom. The molecule has 0 radical (unpaired) electrons. The van der Waals surface area contributed by atoms with Crippen molar-refractivity contribution in [2.75, 3.05) is 0 Å². The first-order valence-corrected chi connectivity index (χ1v) is 7.43. The Hall–Kier alpha value is -1.28. The van der Waals surface area contributed by atoms with E-state index in [-0.39, 0.29) is 6.10 Å². The van der Waals surface area contributed by atoms with Crippen LogP contribution in [0.3, 0.4) is 0 Å². The van der Waals surface area contributed by atoms with E-state index in [0.717, 1.165) is 35.1 Å². The molecule has 102 valence electrons. The van der Waals surface area contributed by atoms with E-state index in [2.05, 4.69) is 6.07 Å². The predicted molar refractivity (Wildman–Crippen MR) is 77.1 cm³/mol. The molecule has 0 amide bonds. The second-order valence-corrected chi connectivity index (χ2v) is 5.76. The van der Waals surface area contributed by atoms with Crippen LogP contribution in [0.1, 0.15) is 56.0 Å². The van der Waals surface area contributed by atoms with Crippen LogP contribution in [0.4, 0.5) is 0 Å². The molecule has 1 unspecified atom stereocenters. The van der Waals surface area contributed by atoms with Gasteiger partial charge in [0.1, 0.15) is 11.3 Å². The number of aliphatic hydroxyl groups excluding tert-OH is 1. The van der Waals surface area contributed by atoms with Crippen LogP contribution in [0.2, 0.25) is 0 Å². The van der Waals surface area contributed by atoms with E-state index < -0.39 is 0 Å². The number of hydrogen-bond acceptors (Lipinski definition) is 2. The van der Waals surface area contributed by atoms with Crippen molar-refractivity contribution in [1.82, 2.24) is 0 Å². The van der Waals surface area contributed by atoms with Gasteiger partial charge in [0, 0.05) is 10.9 Å². The minimum absolute atomic E-state index is 0.373. The number of aryl methyl sites for hydroxylation is 1. The van der Waals surface area contributed by atoms with Crippen molar-refractivity contribution in [3.05, 3.63) is 35.6 Å². The monoisotopic (exact) mass is 258 g/mol. The van der Waals surface area contributed by atoms with E-state index in [1.807, 2.05) is 25.1 Å². The molecule has 2 nitrogen and oxygen atoms in total. The largest absolute Gasteiger partial charge is 0.461 e. The molecule has 0 spiro atoms. The van der Waals surface area contributed by atoms with Gasteiger partial charge in [-0.05, 0) is 31.7 Å². The fourth-order valence-electron chi connectivity index (χ4n) is 3.42. The summed E-state index contributed by atoms with van der Waals surface area (Å²) in [6.07, 6.45) is 7.03. The van der Waals surface area contributed by atoms with Crippen LogP contribution >= 0.6 is 0 Å². The first-order valence-electron chi connectivity index (χ1n) is 7.43. The third-order valence-electron chi connectivity index (χ3n) is 4.46. The maximum absolute atomic E-state index is 10.8. The maximum Gasteiger partial charge on any atom is 0.134 e. The normalized spacial score (nSPS) is 19.5. The van der Waals surface area contributed by atoms with Crippen LogP contribution in [-0.2, 0) is 0 Å². The summed E-state index contributed by atoms with van der Waals surface area (Å²) in [6.45, 7) is 1.97. The minimum Gasteiger partial charge on any atom is -0.461 e. The first kappa shape index (κ1) is 12.7. The summed E-state index contributed by atoms with van der Waals surface area (Å²) in [7, 11) is 0. The molecular weight excluding hydrogens is 236 g/mol. The second kappa shape index (κ2) is 5.38. The van der Waals surface area contributed by atoms with Gasteiger partial charge in [-0.15, -0.1) is 0 Å². The van der Waals surface area contributed by atoms with Gasteiger partial charge < -0.3 is 9.52 Å². The summed E-state index contributed by atoms with van der Waals surface area (Å²) in [5, 5.41) is 11.9. The van der Waals surface area contributed by atoms with Gasteiger partial charge in [-0.3, -0.25) is 0 Å². The standard InChI is InChI=1S/C17H22O2/c1-12-16(14-10-6-7-11-15(14)19-12)17(18)13-8-4-2-3-5-9-13/h6-7,10-11,13,17-18H,2-5,8-9H2,1H3. The molecule has 0 saturated heterocycles. The Morgan fingerprint density at radius 3 is 2.53 bits per heavy atom. The molecule has 2 heteroatoms. The highest BCUT2D eigenvalue weighted by Gasteiger charge is 2.26. The van der Waals surface area contributed by atoms with Crippen molar-refractivity contribution in [2.24, 2.45) is 5.92 Å². The summed E-state index contributed by atoms with van der Waals surface area (Å²) in [5.74, 6) is 1.26. The van der Waals surface area contributed by atoms with Crippen molar-refractivity contribution in [3.8, 4) is 0 Å². The Balaban J connectivity index is 1.96. The molecule has 1 N–H and O–H groups in total. The van der Waals surface area contributed by atoms with Gasteiger partial charge in [0.25, 0.3) is 0 Å². The maximum atomic E-state index is 10.8. The molecule has 1 fully saturated rings. The Morgan fingerprint density at radius 2 is 1.79 bits per heavy atom. The van der Waals surface area contributed by atoms with Gasteiger partial charge >= 0.3 is 0 Å². The number of rotatable bonds is 2. The lowest BCUT2D eigenvalue weighted by atomic mass is 9.88. The van der Waals surface area contributed by atoms with Crippen molar-refractivity contribution in [2.45, 2.75) is 51.6 Å². The van der Waals surface area contributed by atoms with Crippen LogP contribution in [0.5, 0.6) is 0 Å². The van der Waals surface area contributed by atoms with Crippen molar-refractivity contribution >= 4 is 11.0 Å². The Bertz CT molecular complexity index is 547. The summed E-state index contributed by atoms with van der Waals surface area (Å²) in [5.41, 5.74) is 1.91. The third-order valence-corrected chi connectivity index (χ3v) is 4.46. The number of fused-ring (bicyclic) bond motifs is 1. The van der Waals surface area contributed by atoms with Crippen LogP contribution in [0.15, 0.2) is 28.7 Å². The highest BCUT2D eigenvalue weighted by Crippen LogP contribution is 2.39. The molecule has 1 aromatic heterocycles. The summed E-state index contributed by atoms with van der Waals surface area (Å²) >= 11 is 0. The SMILES string of the molecule is Cc1oc2ccccc2c1C(O)C1CCCCCC1. The molecule has 1 aliphatic rings. The zero-order valence-corrected chi connectivity index (χ0v) is 11.6. The molecule has 0 aliphatic heterocycles. The molecule has 1 heterocycles. The zero-order chi connectivity index (χ0) is 13.2. The van der Waals surface area contributed by atoms with Crippen molar-refractivity contribution in [1.29, 1.82) is 0 Å². The molecular formula is C17H22O2. The molecule has 3 rings (SSSR count). The highest BCUT2D eigenvalue weighted by molar-refractivity contribution is 5.82. The van der Waals surface area contributed by atoms with E-state index in [4.69, 9.17) is 4.42 Å². The molecule has 0 bridgehead atoms. The van der Waals surface area contributed by atoms with Gasteiger partial charge in [-0.2, -0.15) is 0 Å². The van der Waals surface area contributed by atoms with Gasteiger partial charge in [0.15, 0.2) is 0 Å². The lowest BCUT2D eigenvalue weighted by Crippen LogP contribution is -2.12. The van der Waals surface area contributed by atoms with Crippen molar-refractivity contribution < 1.29 is 9.52 Å². The average Bonchev–Trinajstić information content (AvgIpc) is 2.61. The third kappa shape index (κ3) is 2.42. The smallest absolute Gasteiger partial charge is 0.134 e. The summed E-state index contributed by atoms with van der Waals surface area (Å²) in [6, 6.07) is 8.03. The van der Waals surface area contributed by atoms with Gasteiger partial charge in [-0.25, -0.2) is 0 Å². The molecule has 2 aromatic rings. The lowest BCUT2D eigenvalue weighted by molar-refractivity contribution is 0.0984. The zero-order valence-electron chi connectivity index (χ0n) is 11.6. The van der Waals surface area contributed by atoms with Crippen LogP contribution in [0, 0.1) is 12.8 Å². The number of aliphatic hydroxyl groups is 1. The Kier molecular flexibility index (Phi) is 3.61. The fraction of sp³-hybridized carbons (Fsp3) is 0.529. The van der Waals surface area contributed by atoms with Gasteiger partial charge in [-0.1, -0.05) is 43.9 Å². The van der Waals surface area contributed by atoms with E-state index in [0.29, 0.717) is 5.92 Å². The molecule has 1 saturated carbocycles. The van der Waals surface area contributed by atoms with E-state index in [9.17, 15) is 5.11 Å². The molecule has 19 heavy (non-hydrogen) atoms. The number of benzene rings is 1. The predicted octanol–water partition coefficient (Wildman–Crippen LogP) is 4.75. The average molecular weight is 258 g/mol. The van der Waals surface area contributed by atoms with Crippen molar-refractivity contribution in [3.63, 3.8) is 0 Å². The minimum atomic E-state index is -0.373. The topological polar surface area (TPSA) is 33.4 Å². The molecule has 1 atom stereocenters. The number of para-hydroxylation sites is 1.